The number of rotatable bonds is 12. The van der Waals surface area contributed by atoms with Gasteiger partial charge in [-0.05, 0) is 18.9 Å². The van der Waals surface area contributed by atoms with Crippen LogP contribution < -0.4 is 0 Å². The predicted molar refractivity (Wildman–Crippen MR) is 119 cm³/mol. The Morgan fingerprint density at radius 2 is 1.77 bits per heavy atom. The monoisotopic (exact) mass is 442 g/mol. The van der Waals surface area contributed by atoms with E-state index in [-0.39, 0.29) is 54.7 Å². The van der Waals surface area contributed by atoms with Crippen molar-refractivity contribution in [1.29, 1.82) is 0 Å². The molecule has 0 aromatic heterocycles. The Morgan fingerprint density at radius 1 is 1.06 bits per heavy atom. The summed E-state index contributed by atoms with van der Waals surface area (Å²) in [7, 11) is 6.71. The van der Waals surface area contributed by atoms with Gasteiger partial charge >= 0.3 is 0 Å². The maximum atomic E-state index is 10.7. The molecule has 180 valence electrons. The highest BCUT2D eigenvalue weighted by Crippen LogP contribution is 2.37. The van der Waals surface area contributed by atoms with E-state index >= 15 is 0 Å². The van der Waals surface area contributed by atoms with Gasteiger partial charge < -0.3 is 33.5 Å². The molecular formula is C24H42O7. The number of methoxy groups -OCH3 is 4. The first-order valence-corrected chi connectivity index (χ1v) is 11.3. The molecule has 2 aliphatic heterocycles. The van der Waals surface area contributed by atoms with Crippen LogP contribution in [0.5, 0.6) is 0 Å². The van der Waals surface area contributed by atoms with Crippen molar-refractivity contribution in [2.75, 3.05) is 28.4 Å². The summed E-state index contributed by atoms with van der Waals surface area (Å²) in [4.78, 5) is 0. The van der Waals surface area contributed by atoms with Crippen LogP contribution in [0, 0.1) is 11.8 Å². The zero-order valence-corrected chi connectivity index (χ0v) is 20.3. The first-order chi connectivity index (χ1) is 14.8. The molecule has 7 heteroatoms. The van der Waals surface area contributed by atoms with Crippen molar-refractivity contribution >= 4 is 0 Å². The number of aliphatic hydroxyl groups is 1. The van der Waals surface area contributed by atoms with Crippen LogP contribution >= 0.6 is 0 Å². The van der Waals surface area contributed by atoms with Crippen LogP contribution in [0.4, 0.5) is 0 Å². The van der Waals surface area contributed by atoms with Gasteiger partial charge in [0.2, 0.25) is 0 Å². The summed E-state index contributed by atoms with van der Waals surface area (Å²) in [5, 5.41) is 10.7. The second-order valence-corrected chi connectivity index (χ2v) is 8.68. The lowest BCUT2D eigenvalue weighted by molar-refractivity contribution is -0.241. The highest BCUT2D eigenvalue weighted by molar-refractivity contribution is 5.18. The number of hydrogen-bond donors (Lipinski definition) is 1. The van der Waals surface area contributed by atoms with E-state index in [1.807, 2.05) is 32.1 Å². The molecule has 2 rings (SSSR count). The van der Waals surface area contributed by atoms with Crippen LogP contribution in [0.25, 0.3) is 0 Å². The van der Waals surface area contributed by atoms with Crippen molar-refractivity contribution in [3.63, 3.8) is 0 Å². The van der Waals surface area contributed by atoms with Gasteiger partial charge in [0.1, 0.15) is 18.3 Å². The number of allylic oxidation sites excluding steroid dienone is 2. The number of epoxide rings is 1. The highest BCUT2D eigenvalue weighted by atomic mass is 16.7. The molecule has 1 N–H and O–H groups in total. The van der Waals surface area contributed by atoms with Gasteiger partial charge in [0.15, 0.2) is 6.29 Å². The average Bonchev–Trinajstić information content (AvgIpc) is 3.58. The van der Waals surface area contributed by atoms with Crippen LogP contribution in [0.3, 0.4) is 0 Å². The summed E-state index contributed by atoms with van der Waals surface area (Å²) in [5.74, 6) is 0.211. The molecule has 7 nitrogen and oxygen atoms in total. The van der Waals surface area contributed by atoms with Crippen LogP contribution in [-0.4, -0.2) is 82.6 Å². The Hall–Kier alpha value is -0.800. The molecule has 0 spiro atoms. The molecule has 0 bridgehead atoms. The van der Waals surface area contributed by atoms with E-state index in [0.29, 0.717) is 6.42 Å². The van der Waals surface area contributed by atoms with E-state index in [4.69, 9.17) is 28.4 Å². The van der Waals surface area contributed by atoms with E-state index in [0.717, 1.165) is 12.0 Å². The zero-order valence-electron chi connectivity index (χ0n) is 20.3. The third kappa shape index (κ3) is 6.60. The first-order valence-electron chi connectivity index (χ1n) is 11.3. The second-order valence-electron chi connectivity index (χ2n) is 8.68. The molecule has 0 unspecified atom stereocenters. The van der Waals surface area contributed by atoms with Crippen molar-refractivity contribution < 1.29 is 33.5 Å². The zero-order chi connectivity index (χ0) is 23.1. The van der Waals surface area contributed by atoms with Crippen molar-refractivity contribution in [3.8, 4) is 0 Å². The minimum Gasteiger partial charge on any atom is -0.390 e. The van der Waals surface area contributed by atoms with Gasteiger partial charge in [0.05, 0.1) is 24.4 Å². The Morgan fingerprint density at radius 3 is 2.32 bits per heavy atom. The lowest BCUT2D eigenvalue weighted by Gasteiger charge is -2.40. The van der Waals surface area contributed by atoms with Crippen LogP contribution in [0.1, 0.15) is 40.5 Å². The normalized spacial score (nSPS) is 35.7. The van der Waals surface area contributed by atoms with Crippen molar-refractivity contribution in [3.05, 3.63) is 23.8 Å². The number of hydrogen-bond acceptors (Lipinski definition) is 7. The first kappa shape index (κ1) is 26.5. The quantitative estimate of drug-likeness (QED) is 0.367. The van der Waals surface area contributed by atoms with Crippen molar-refractivity contribution in [2.24, 2.45) is 11.8 Å². The van der Waals surface area contributed by atoms with E-state index in [1.54, 1.807) is 28.4 Å². The molecule has 0 saturated carbocycles. The summed E-state index contributed by atoms with van der Waals surface area (Å²) < 4.78 is 34.0. The van der Waals surface area contributed by atoms with E-state index in [1.165, 1.54) is 0 Å². The van der Waals surface area contributed by atoms with E-state index < -0.39 is 6.10 Å². The minimum absolute atomic E-state index is 0.0437. The van der Waals surface area contributed by atoms with Gasteiger partial charge in [-0.2, -0.15) is 0 Å². The second kappa shape index (κ2) is 12.4. The summed E-state index contributed by atoms with van der Waals surface area (Å²) in [6, 6.07) is 0. The van der Waals surface area contributed by atoms with Crippen molar-refractivity contribution in [1.82, 2.24) is 0 Å². The summed E-state index contributed by atoms with van der Waals surface area (Å²) >= 11 is 0. The Labute approximate surface area is 187 Å². The molecule has 0 aliphatic carbocycles. The Bertz CT molecular complexity index is 588. The van der Waals surface area contributed by atoms with Gasteiger partial charge in [-0.1, -0.05) is 39.0 Å². The van der Waals surface area contributed by atoms with Gasteiger partial charge in [0, 0.05) is 46.7 Å². The van der Waals surface area contributed by atoms with Crippen LogP contribution in [0.15, 0.2) is 23.8 Å². The lowest BCUT2D eigenvalue weighted by atomic mass is 9.91. The van der Waals surface area contributed by atoms with Gasteiger partial charge in [-0.25, -0.2) is 0 Å². The van der Waals surface area contributed by atoms with E-state index in [9.17, 15) is 5.11 Å². The maximum absolute atomic E-state index is 10.7. The van der Waals surface area contributed by atoms with Gasteiger partial charge in [0.25, 0.3) is 0 Å². The SMILES string of the molecule is CC[C@H](OC)[C@@H](C)[C@@H]1O[C@H]1[C@H](O)[C@@H](C)/C=C/C=C(\C)[C@H]1O[C@@H](OC)C[C@H](OC)[C@H]1OC. The smallest absolute Gasteiger partial charge is 0.160 e. The van der Waals surface area contributed by atoms with Crippen LogP contribution in [-0.2, 0) is 28.4 Å². The fraction of sp³-hybridized carbons (Fsp3) is 0.833. The van der Waals surface area contributed by atoms with E-state index in [2.05, 4.69) is 13.8 Å². The molecule has 0 aromatic rings. The molecule has 2 heterocycles. The third-order valence-corrected chi connectivity index (χ3v) is 6.69. The molecule has 0 amide bonds. The molecule has 2 aliphatic rings. The average molecular weight is 443 g/mol. The van der Waals surface area contributed by atoms with Gasteiger partial charge in [-0.3, -0.25) is 0 Å². The largest absolute Gasteiger partial charge is 0.390 e. The molecule has 0 radical (unpaired) electrons. The Kier molecular flexibility index (Phi) is 10.6. The minimum atomic E-state index is -0.555. The molecule has 31 heavy (non-hydrogen) atoms. The Balaban J connectivity index is 1.96. The fourth-order valence-corrected chi connectivity index (χ4v) is 4.53. The highest BCUT2D eigenvalue weighted by Gasteiger charge is 2.50. The standard InChI is InChI=1S/C24H42O7/c1-9-17(26-5)16(4)22-24(31-22)20(25)14(2)11-10-12-15(3)21-23(29-8)18(27-6)13-19(28-7)30-21/h10-12,14,16-25H,9,13H2,1-8H3/b11-10+,15-12+/t14-,16+,17-,18-,19+,20+,21+,22-,23+,24-/m0/s1. The molecule has 10 atom stereocenters. The molecule has 2 fully saturated rings. The summed E-state index contributed by atoms with van der Waals surface area (Å²) in [6.45, 7) is 8.23. The lowest BCUT2D eigenvalue weighted by Crippen LogP contribution is -2.51. The summed E-state index contributed by atoms with van der Waals surface area (Å²) in [5.41, 5.74) is 1.01. The maximum Gasteiger partial charge on any atom is 0.160 e. The summed E-state index contributed by atoms with van der Waals surface area (Å²) in [6.07, 6.45) is 6.08. The fourth-order valence-electron chi connectivity index (χ4n) is 4.53. The topological polar surface area (TPSA) is 78.9 Å². The number of aliphatic hydroxyl groups excluding tert-OH is 1. The van der Waals surface area contributed by atoms with Crippen LogP contribution in [0.2, 0.25) is 0 Å². The third-order valence-electron chi connectivity index (χ3n) is 6.69. The van der Waals surface area contributed by atoms with Crippen molar-refractivity contribution in [2.45, 2.75) is 89.6 Å². The molecular weight excluding hydrogens is 400 g/mol. The predicted octanol–water partition coefficient (Wildman–Crippen LogP) is 3.11. The van der Waals surface area contributed by atoms with Gasteiger partial charge in [-0.15, -0.1) is 0 Å². The number of ether oxygens (including phenoxy) is 6. The molecule has 0 aromatic carbocycles. The molecule has 2 saturated heterocycles.